The van der Waals surface area contributed by atoms with Gasteiger partial charge in [0, 0.05) is 19.0 Å². The number of hydrazone groups is 1. The van der Waals surface area contributed by atoms with Crippen LogP contribution in [0.25, 0.3) is 0 Å². The molecule has 2 rings (SSSR count). The predicted molar refractivity (Wildman–Crippen MR) is 55.1 cm³/mol. The van der Waals surface area contributed by atoms with Crippen LogP contribution in [0.3, 0.4) is 0 Å². The minimum atomic E-state index is -0.765. The summed E-state index contributed by atoms with van der Waals surface area (Å²) in [6, 6.07) is -0.0490. The summed E-state index contributed by atoms with van der Waals surface area (Å²) < 4.78 is 0. The van der Waals surface area contributed by atoms with Crippen LogP contribution >= 0.6 is 0 Å². The van der Waals surface area contributed by atoms with E-state index in [-0.39, 0.29) is 12.1 Å². The van der Waals surface area contributed by atoms with E-state index < -0.39 is 6.23 Å². The van der Waals surface area contributed by atoms with Crippen molar-refractivity contribution in [1.82, 2.24) is 15.2 Å². The molecule has 1 saturated heterocycles. The van der Waals surface area contributed by atoms with E-state index >= 15 is 0 Å². The molecule has 0 spiro atoms. The highest BCUT2D eigenvalue weighted by atomic mass is 16.3. The SMILES string of the molecule is CC(C)N1CC(O)N(C2=NNCC2)C1=O. The zero-order chi connectivity index (χ0) is 11.0. The van der Waals surface area contributed by atoms with Crippen LogP contribution in [0, 0.1) is 0 Å². The summed E-state index contributed by atoms with van der Waals surface area (Å²) in [5, 5.41) is 13.8. The smallest absolute Gasteiger partial charge is 0.328 e. The highest BCUT2D eigenvalue weighted by molar-refractivity contribution is 5.99. The number of carbonyl (C=O) groups excluding carboxylic acids is 1. The van der Waals surface area contributed by atoms with Crippen molar-refractivity contribution < 1.29 is 9.90 Å². The van der Waals surface area contributed by atoms with Gasteiger partial charge in [0.15, 0.2) is 6.23 Å². The molecule has 2 heterocycles. The molecule has 6 heteroatoms. The average molecular weight is 212 g/mol. The molecule has 0 aromatic rings. The fourth-order valence-electron chi connectivity index (χ4n) is 1.86. The Morgan fingerprint density at radius 1 is 1.60 bits per heavy atom. The number of urea groups is 1. The molecule has 15 heavy (non-hydrogen) atoms. The molecule has 1 unspecified atom stereocenters. The van der Waals surface area contributed by atoms with Gasteiger partial charge in [-0.2, -0.15) is 5.10 Å². The van der Waals surface area contributed by atoms with Crippen molar-refractivity contribution in [2.75, 3.05) is 13.1 Å². The second kappa shape index (κ2) is 3.69. The van der Waals surface area contributed by atoms with Crippen molar-refractivity contribution in [2.45, 2.75) is 32.5 Å². The maximum Gasteiger partial charge on any atom is 0.328 e. The van der Waals surface area contributed by atoms with Crippen molar-refractivity contribution in [3.63, 3.8) is 0 Å². The lowest BCUT2D eigenvalue weighted by molar-refractivity contribution is 0.101. The summed E-state index contributed by atoms with van der Waals surface area (Å²) in [4.78, 5) is 14.9. The number of aliphatic hydroxyl groups excluding tert-OH is 1. The first-order chi connectivity index (χ1) is 7.11. The van der Waals surface area contributed by atoms with E-state index in [9.17, 15) is 9.90 Å². The number of nitrogens with one attached hydrogen (secondary N) is 1. The second-order valence-corrected chi connectivity index (χ2v) is 4.07. The lowest BCUT2D eigenvalue weighted by Gasteiger charge is -2.21. The van der Waals surface area contributed by atoms with Gasteiger partial charge in [-0.25, -0.2) is 4.79 Å². The maximum atomic E-state index is 11.9. The minimum absolute atomic E-state index is 0.104. The van der Waals surface area contributed by atoms with Gasteiger partial charge >= 0.3 is 6.03 Å². The van der Waals surface area contributed by atoms with Crippen LogP contribution in [-0.2, 0) is 0 Å². The van der Waals surface area contributed by atoms with Crippen LogP contribution < -0.4 is 5.43 Å². The number of amides is 2. The normalized spacial score (nSPS) is 26.3. The lowest BCUT2D eigenvalue weighted by atomic mass is 10.3. The summed E-state index contributed by atoms with van der Waals surface area (Å²) in [5.41, 5.74) is 2.80. The topological polar surface area (TPSA) is 68.2 Å². The zero-order valence-corrected chi connectivity index (χ0v) is 8.97. The molecule has 0 bridgehead atoms. The summed E-state index contributed by atoms with van der Waals surface area (Å²) in [5.74, 6) is 0.635. The molecule has 6 nitrogen and oxygen atoms in total. The molecule has 2 N–H and O–H groups in total. The molecule has 1 fully saturated rings. The van der Waals surface area contributed by atoms with Crippen molar-refractivity contribution >= 4 is 11.9 Å². The molecule has 2 amide bonds. The largest absolute Gasteiger partial charge is 0.371 e. The van der Waals surface area contributed by atoms with E-state index in [2.05, 4.69) is 10.5 Å². The highest BCUT2D eigenvalue weighted by Crippen LogP contribution is 2.19. The summed E-state index contributed by atoms with van der Waals surface area (Å²) in [6.45, 7) is 4.95. The highest BCUT2D eigenvalue weighted by Gasteiger charge is 2.40. The molecule has 0 aromatic carbocycles. The third-order valence-electron chi connectivity index (χ3n) is 2.68. The van der Waals surface area contributed by atoms with Gasteiger partial charge in [-0.3, -0.25) is 4.90 Å². The van der Waals surface area contributed by atoms with Crippen LogP contribution in [-0.4, -0.2) is 52.1 Å². The van der Waals surface area contributed by atoms with Crippen LogP contribution in [0.2, 0.25) is 0 Å². The number of β-amino-alcohol motifs (C(OH)–C–C–N with tert-alkyl or cyclic N) is 1. The fraction of sp³-hybridized carbons (Fsp3) is 0.778. The monoisotopic (exact) mass is 212 g/mol. The molecule has 0 aliphatic carbocycles. The quantitative estimate of drug-likeness (QED) is 0.630. The minimum Gasteiger partial charge on any atom is -0.371 e. The zero-order valence-electron chi connectivity index (χ0n) is 8.97. The number of hydrogen-bond acceptors (Lipinski definition) is 4. The Bertz CT molecular complexity index is 302. The van der Waals surface area contributed by atoms with E-state index in [0.717, 1.165) is 6.54 Å². The van der Waals surface area contributed by atoms with Gasteiger partial charge in [0.2, 0.25) is 0 Å². The third kappa shape index (κ3) is 1.65. The van der Waals surface area contributed by atoms with Crippen molar-refractivity contribution in [3.05, 3.63) is 0 Å². The van der Waals surface area contributed by atoms with Crippen molar-refractivity contribution in [2.24, 2.45) is 5.10 Å². The van der Waals surface area contributed by atoms with Gasteiger partial charge in [-0.05, 0) is 13.8 Å². The molecule has 0 saturated carbocycles. The molecule has 0 radical (unpaired) electrons. The Hall–Kier alpha value is -1.30. The number of carbonyl (C=O) groups is 1. The van der Waals surface area contributed by atoms with Gasteiger partial charge in [0.05, 0.1) is 6.54 Å². The van der Waals surface area contributed by atoms with E-state index in [1.165, 1.54) is 4.90 Å². The van der Waals surface area contributed by atoms with Crippen LogP contribution in [0.15, 0.2) is 5.10 Å². The number of amidine groups is 1. The van der Waals surface area contributed by atoms with E-state index in [0.29, 0.717) is 18.8 Å². The number of hydrogen-bond donors (Lipinski definition) is 2. The summed E-state index contributed by atoms with van der Waals surface area (Å²) in [7, 11) is 0. The van der Waals surface area contributed by atoms with Crippen LogP contribution in [0.4, 0.5) is 4.79 Å². The van der Waals surface area contributed by atoms with Gasteiger partial charge in [0.25, 0.3) is 0 Å². The van der Waals surface area contributed by atoms with Crippen LogP contribution in [0.5, 0.6) is 0 Å². The van der Waals surface area contributed by atoms with Gasteiger partial charge < -0.3 is 15.4 Å². The first-order valence-corrected chi connectivity index (χ1v) is 5.18. The Morgan fingerprint density at radius 2 is 2.33 bits per heavy atom. The standard InChI is InChI=1S/C9H16N4O2/c1-6(2)12-5-8(14)13(9(12)15)7-3-4-10-11-7/h6,8,10,14H,3-5H2,1-2H3. The average Bonchev–Trinajstić information content (AvgIpc) is 2.73. The summed E-state index contributed by atoms with van der Waals surface area (Å²) in [6.07, 6.45) is -0.0760. The number of nitrogens with zero attached hydrogens (tertiary/aromatic N) is 3. The Kier molecular flexibility index (Phi) is 2.52. The maximum absolute atomic E-state index is 11.9. The number of rotatable bonds is 1. The predicted octanol–water partition coefficient (Wildman–Crippen LogP) is -0.242. The van der Waals surface area contributed by atoms with E-state index in [1.54, 1.807) is 4.90 Å². The van der Waals surface area contributed by atoms with Crippen molar-refractivity contribution in [1.29, 1.82) is 0 Å². The molecular formula is C9H16N4O2. The number of aliphatic hydroxyl groups is 1. The van der Waals surface area contributed by atoms with E-state index in [4.69, 9.17) is 0 Å². The molecule has 0 aromatic heterocycles. The summed E-state index contributed by atoms with van der Waals surface area (Å²) >= 11 is 0. The molecular weight excluding hydrogens is 196 g/mol. The van der Waals surface area contributed by atoms with Crippen molar-refractivity contribution in [3.8, 4) is 0 Å². The molecule has 2 aliphatic rings. The fourth-order valence-corrected chi connectivity index (χ4v) is 1.86. The first kappa shape index (κ1) is 10.2. The van der Waals surface area contributed by atoms with Crippen LogP contribution in [0.1, 0.15) is 20.3 Å². The van der Waals surface area contributed by atoms with Gasteiger partial charge in [-0.15, -0.1) is 0 Å². The Morgan fingerprint density at radius 3 is 2.80 bits per heavy atom. The van der Waals surface area contributed by atoms with E-state index in [1.807, 2.05) is 13.8 Å². The molecule has 1 atom stereocenters. The molecule has 2 aliphatic heterocycles. The Balaban J connectivity index is 2.16. The van der Waals surface area contributed by atoms with Gasteiger partial charge in [0.1, 0.15) is 5.84 Å². The molecule has 84 valence electrons. The van der Waals surface area contributed by atoms with Gasteiger partial charge in [-0.1, -0.05) is 0 Å². The second-order valence-electron chi connectivity index (χ2n) is 4.07. The first-order valence-electron chi connectivity index (χ1n) is 5.18. The third-order valence-corrected chi connectivity index (χ3v) is 2.68. The lowest BCUT2D eigenvalue weighted by Crippen LogP contribution is -2.40. The Labute approximate surface area is 88.5 Å².